The quantitative estimate of drug-likeness (QED) is 0.519. The summed E-state index contributed by atoms with van der Waals surface area (Å²) in [5.41, 5.74) is 2.20. The molecule has 1 atom stereocenters. The Hall–Kier alpha value is -3.39. The Morgan fingerprint density at radius 2 is 1.50 bits per heavy atom. The molecule has 0 aliphatic heterocycles. The van der Waals surface area contributed by atoms with Crippen LogP contribution in [0, 0.1) is 5.41 Å². The minimum absolute atomic E-state index is 0.0706. The number of carbonyl (C=O) groups excluding carboxylic acids is 2. The van der Waals surface area contributed by atoms with Gasteiger partial charge in [-0.2, -0.15) is 0 Å². The fraction of sp³-hybridized carbons (Fsp3) is 0.423. The van der Waals surface area contributed by atoms with Crippen molar-refractivity contribution in [1.29, 1.82) is 0 Å². The van der Waals surface area contributed by atoms with Crippen LogP contribution in [-0.2, 0) is 19.1 Å². The fourth-order valence-electron chi connectivity index (χ4n) is 3.92. The summed E-state index contributed by atoms with van der Waals surface area (Å²) in [4.78, 5) is 36.7. The highest BCUT2D eigenvalue weighted by molar-refractivity contribution is 5.84. The van der Waals surface area contributed by atoms with Crippen molar-refractivity contribution >= 4 is 18.0 Å². The molecule has 3 N–H and O–H groups in total. The number of alkyl carbamates (subject to hydrolysis) is 1. The summed E-state index contributed by atoms with van der Waals surface area (Å²) >= 11 is 0. The maximum Gasteiger partial charge on any atom is 0.407 e. The van der Waals surface area contributed by atoms with Crippen molar-refractivity contribution in [1.82, 2.24) is 10.6 Å². The SMILES string of the molecule is COC(CNC(=O)OCC1c2ccccc2-c2ccccc21)C(=O)NC(C)(C)C(C)(C)C(=O)O. The van der Waals surface area contributed by atoms with Gasteiger partial charge in [0.1, 0.15) is 6.61 Å². The minimum Gasteiger partial charge on any atom is -0.481 e. The topological polar surface area (TPSA) is 114 Å². The van der Waals surface area contributed by atoms with Crippen LogP contribution in [0.15, 0.2) is 48.5 Å². The number of carboxylic acids is 1. The lowest BCUT2D eigenvalue weighted by Gasteiger charge is -2.39. The van der Waals surface area contributed by atoms with Gasteiger partial charge in [-0.3, -0.25) is 9.59 Å². The van der Waals surface area contributed by atoms with E-state index in [0.29, 0.717) is 0 Å². The van der Waals surface area contributed by atoms with E-state index < -0.39 is 35.0 Å². The summed E-state index contributed by atoms with van der Waals surface area (Å²) < 4.78 is 10.7. The third kappa shape index (κ3) is 4.92. The van der Waals surface area contributed by atoms with Gasteiger partial charge in [0.15, 0.2) is 6.10 Å². The van der Waals surface area contributed by atoms with Crippen molar-refractivity contribution in [3.05, 3.63) is 59.7 Å². The van der Waals surface area contributed by atoms with E-state index in [0.717, 1.165) is 22.3 Å². The molecule has 182 valence electrons. The minimum atomic E-state index is -1.22. The number of fused-ring (bicyclic) bond motifs is 3. The molecule has 1 aliphatic rings. The molecular formula is C26H32N2O6. The molecule has 0 radical (unpaired) electrons. The second kappa shape index (κ2) is 9.85. The van der Waals surface area contributed by atoms with Crippen LogP contribution >= 0.6 is 0 Å². The van der Waals surface area contributed by atoms with E-state index in [9.17, 15) is 19.5 Å². The zero-order valence-electron chi connectivity index (χ0n) is 20.2. The van der Waals surface area contributed by atoms with Crippen molar-refractivity contribution in [2.45, 2.75) is 45.3 Å². The standard InChI is InChI=1S/C26H32N2O6/c1-25(2,23(30)31)26(3,4)28-22(29)21(33-5)14-27-24(32)34-15-20-18-12-8-6-10-16(18)17-11-7-9-13-19(17)20/h6-13,20-21H,14-15H2,1-5H3,(H,27,32)(H,28,29)(H,30,31). The van der Waals surface area contributed by atoms with E-state index in [1.165, 1.54) is 21.0 Å². The molecule has 2 amide bonds. The van der Waals surface area contributed by atoms with E-state index in [-0.39, 0.29) is 19.1 Å². The van der Waals surface area contributed by atoms with Crippen molar-refractivity contribution < 1.29 is 29.0 Å². The number of hydrogen-bond acceptors (Lipinski definition) is 5. The number of amides is 2. The summed E-state index contributed by atoms with van der Waals surface area (Å²) in [5, 5.41) is 14.8. The maximum absolute atomic E-state index is 12.7. The van der Waals surface area contributed by atoms with Gasteiger partial charge < -0.3 is 25.2 Å². The summed E-state index contributed by atoms with van der Waals surface area (Å²) in [7, 11) is 1.35. The van der Waals surface area contributed by atoms with E-state index in [1.54, 1.807) is 13.8 Å². The van der Waals surface area contributed by atoms with Crippen molar-refractivity contribution in [3.63, 3.8) is 0 Å². The molecule has 8 heteroatoms. The van der Waals surface area contributed by atoms with Gasteiger partial charge in [0.25, 0.3) is 5.91 Å². The first-order valence-electron chi connectivity index (χ1n) is 11.2. The normalized spacial score (nSPS) is 14.0. The highest BCUT2D eigenvalue weighted by atomic mass is 16.5. The number of rotatable bonds is 9. The van der Waals surface area contributed by atoms with E-state index in [4.69, 9.17) is 9.47 Å². The molecule has 34 heavy (non-hydrogen) atoms. The van der Waals surface area contributed by atoms with Crippen LogP contribution in [0.3, 0.4) is 0 Å². The molecule has 2 aromatic rings. The molecule has 0 saturated heterocycles. The third-order valence-electron chi connectivity index (χ3n) is 6.89. The third-order valence-corrected chi connectivity index (χ3v) is 6.89. The van der Waals surface area contributed by atoms with Crippen LogP contribution in [0.25, 0.3) is 11.1 Å². The van der Waals surface area contributed by atoms with Crippen LogP contribution in [0.4, 0.5) is 4.79 Å². The molecule has 0 saturated carbocycles. The highest BCUT2D eigenvalue weighted by Gasteiger charge is 2.45. The van der Waals surface area contributed by atoms with E-state index in [1.807, 2.05) is 36.4 Å². The number of hydrogen-bond donors (Lipinski definition) is 3. The Morgan fingerprint density at radius 3 is 2.00 bits per heavy atom. The number of aliphatic carboxylic acids is 1. The zero-order valence-corrected chi connectivity index (χ0v) is 20.2. The maximum atomic E-state index is 12.7. The van der Waals surface area contributed by atoms with Crippen molar-refractivity contribution in [3.8, 4) is 11.1 Å². The summed E-state index contributed by atoms with van der Waals surface area (Å²) in [6, 6.07) is 16.1. The number of benzene rings is 2. The van der Waals surface area contributed by atoms with E-state index in [2.05, 4.69) is 22.8 Å². The van der Waals surface area contributed by atoms with Crippen LogP contribution in [0.1, 0.15) is 44.7 Å². The highest BCUT2D eigenvalue weighted by Crippen LogP contribution is 2.44. The summed E-state index contributed by atoms with van der Waals surface area (Å²) in [5.74, 6) is -1.64. The molecule has 2 aromatic carbocycles. The van der Waals surface area contributed by atoms with Crippen molar-refractivity contribution in [2.24, 2.45) is 5.41 Å². The number of ether oxygens (including phenoxy) is 2. The number of methoxy groups -OCH3 is 1. The molecule has 0 heterocycles. The molecule has 1 unspecified atom stereocenters. The Kier molecular flexibility index (Phi) is 7.31. The summed E-state index contributed by atoms with van der Waals surface area (Å²) in [6.45, 7) is 6.36. The van der Waals surface area contributed by atoms with Gasteiger partial charge in [-0.05, 0) is 49.9 Å². The average molecular weight is 469 g/mol. The monoisotopic (exact) mass is 468 g/mol. The molecule has 0 spiro atoms. The molecule has 3 rings (SSSR count). The van der Waals surface area contributed by atoms with Gasteiger partial charge in [-0.1, -0.05) is 48.5 Å². The zero-order chi connectivity index (χ0) is 25.1. The summed E-state index contributed by atoms with van der Waals surface area (Å²) in [6.07, 6.45) is -1.67. The average Bonchev–Trinajstić information content (AvgIpc) is 3.11. The first-order chi connectivity index (χ1) is 16.0. The molecule has 8 nitrogen and oxygen atoms in total. The molecule has 1 aliphatic carbocycles. The first-order valence-corrected chi connectivity index (χ1v) is 11.2. The Bertz CT molecular complexity index is 1030. The molecule has 0 bridgehead atoms. The van der Waals surface area contributed by atoms with Gasteiger partial charge in [-0.15, -0.1) is 0 Å². The Balaban J connectivity index is 1.57. The number of carbonyl (C=O) groups is 3. The smallest absolute Gasteiger partial charge is 0.407 e. The van der Waals surface area contributed by atoms with Crippen LogP contribution < -0.4 is 10.6 Å². The Labute approximate surface area is 199 Å². The van der Waals surface area contributed by atoms with E-state index >= 15 is 0 Å². The van der Waals surface area contributed by atoms with Gasteiger partial charge in [0.2, 0.25) is 0 Å². The van der Waals surface area contributed by atoms with Gasteiger partial charge in [0, 0.05) is 13.0 Å². The van der Waals surface area contributed by atoms with Gasteiger partial charge in [0.05, 0.1) is 17.5 Å². The lowest BCUT2D eigenvalue weighted by Crippen LogP contribution is -2.60. The molecule has 0 aromatic heterocycles. The van der Waals surface area contributed by atoms with Crippen LogP contribution in [0.5, 0.6) is 0 Å². The predicted octanol–water partition coefficient (Wildman–Crippen LogP) is 3.55. The molecule has 0 fully saturated rings. The van der Waals surface area contributed by atoms with Gasteiger partial charge >= 0.3 is 12.1 Å². The Morgan fingerprint density at radius 1 is 0.971 bits per heavy atom. The van der Waals surface area contributed by atoms with Crippen molar-refractivity contribution in [2.75, 3.05) is 20.3 Å². The fourth-order valence-corrected chi connectivity index (χ4v) is 3.92. The first kappa shape index (κ1) is 25.2. The lowest BCUT2D eigenvalue weighted by molar-refractivity contribution is -0.152. The van der Waals surface area contributed by atoms with Crippen LogP contribution in [-0.4, -0.2) is 55.0 Å². The number of nitrogens with one attached hydrogen (secondary N) is 2. The second-order valence-electron chi connectivity index (χ2n) is 9.48. The number of carboxylic acid groups (broad SMARTS) is 1. The van der Waals surface area contributed by atoms with Gasteiger partial charge in [-0.25, -0.2) is 4.79 Å². The molecular weight excluding hydrogens is 436 g/mol. The second-order valence-corrected chi connectivity index (χ2v) is 9.48. The lowest BCUT2D eigenvalue weighted by atomic mass is 9.74. The largest absolute Gasteiger partial charge is 0.481 e. The van der Waals surface area contributed by atoms with Crippen LogP contribution in [0.2, 0.25) is 0 Å². The predicted molar refractivity (Wildman–Crippen MR) is 128 cm³/mol.